The summed E-state index contributed by atoms with van der Waals surface area (Å²) in [6, 6.07) is 10.9. The monoisotopic (exact) mass is 261 g/mol. The molecule has 1 aromatic heterocycles. The van der Waals surface area contributed by atoms with Crippen molar-refractivity contribution in [2.45, 2.75) is 11.3 Å². The second kappa shape index (κ2) is 4.19. The highest BCUT2D eigenvalue weighted by atomic mass is 32.2. The number of hydrogen-bond acceptors (Lipinski definition) is 3. The van der Waals surface area contributed by atoms with Gasteiger partial charge in [0.25, 0.3) is 0 Å². The number of nitrogens with zero attached hydrogens (tertiary/aromatic N) is 1. The summed E-state index contributed by atoms with van der Waals surface area (Å²) < 4.78 is 1.70. The van der Waals surface area contributed by atoms with Crippen molar-refractivity contribution in [2.24, 2.45) is 0 Å². The van der Waals surface area contributed by atoms with Gasteiger partial charge in [-0.2, -0.15) is 0 Å². The summed E-state index contributed by atoms with van der Waals surface area (Å²) >= 11 is 1.39. The number of carboxylic acids is 1. The molecule has 1 aliphatic heterocycles. The quantitative estimate of drug-likeness (QED) is 0.872. The summed E-state index contributed by atoms with van der Waals surface area (Å²) in [6.07, 6.45) is 0. The molecular weight excluding hydrogens is 250 g/mol. The molecule has 0 saturated carbocycles. The smallest absolute Gasteiger partial charge is 0.337 e. The molecule has 1 atom stereocenters. The van der Waals surface area contributed by atoms with Crippen LogP contribution in [0.1, 0.15) is 21.6 Å². The van der Waals surface area contributed by atoms with Gasteiger partial charge < -0.3 is 14.8 Å². The highest BCUT2D eigenvalue weighted by Gasteiger charge is 2.29. The van der Waals surface area contributed by atoms with Gasteiger partial charge in [0.15, 0.2) is 5.56 Å². The molecule has 2 N–H and O–H groups in total. The Morgan fingerprint density at radius 3 is 2.72 bits per heavy atom. The van der Waals surface area contributed by atoms with Crippen LogP contribution in [0, 0.1) is 0 Å². The Labute approximate surface area is 108 Å². The lowest BCUT2D eigenvalue weighted by molar-refractivity contribution is 0.0697. The molecule has 1 unspecified atom stereocenters. The Morgan fingerprint density at radius 2 is 2.06 bits per heavy atom. The average molecular weight is 261 g/mol. The van der Waals surface area contributed by atoms with Gasteiger partial charge in [0.05, 0.1) is 11.3 Å². The SMILES string of the molecule is O=C(O)c1cc2n(c1-c1ccccc1)C(O)SC2. The maximum Gasteiger partial charge on any atom is 0.337 e. The molecule has 0 spiro atoms. The first-order chi connectivity index (χ1) is 8.68. The van der Waals surface area contributed by atoms with Crippen molar-refractivity contribution >= 4 is 17.7 Å². The largest absolute Gasteiger partial charge is 0.478 e. The van der Waals surface area contributed by atoms with Crippen LogP contribution in [0.25, 0.3) is 11.3 Å². The number of carboxylic acid groups (broad SMARTS) is 1. The lowest BCUT2D eigenvalue weighted by Gasteiger charge is -2.12. The van der Waals surface area contributed by atoms with Crippen molar-refractivity contribution in [3.63, 3.8) is 0 Å². The number of aromatic carboxylic acids is 1. The minimum Gasteiger partial charge on any atom is -0.478 e. The Morgan fingerprint density at radius 1 is 1.33 bits per heavy atom. The molecule has 5 heteroatoms. The van der Waals surface area contributed by atoms with Gasteiger partial charge in [0, 0.05) is 11.4 Å². The first-order valence-corrected chi connectivity index (χ1v) is 6.56. The van der Waals surface area contributed by atoms with E-state index in [1.165, 1.54) is 11.8 Å². The van der Waals surface area contributed by atoms with Crippen LogP contribution in [0.2, 0.25) is 0 Å². The van der Waals surface area contributed by atoms with E-state index in [0.717, 1.165) is 11.3 Å². The molecule has 0 bridgehead atoms. The van der Waals surface area contributed by atoms with Crippen molar-refractivity contribution in [3.8, 4) is 11.3 Å². The van der Waals surface area contributed by atoms with Gasteiger partial charge in [0.1, 0.15) is 0 Å². The number of thioether (sulfide) groups is 1. The molecule has 2 aromatic rings. The number of carbonyl (C=O) groups is 1. The minimum absolute atomic E-state index is 0.246. The van der Waals surface area contributed by atoms with E-state index in [1.807, 2.05) is 30.3 Å². The van der Waals surface area contributed by atoms with Crippen molar-refractivity contribution in [1.82, 2.24) is 4.57 Å². The predicted molar refractivity (Wildman–Crippen MR) is 69.4 cm³/mol. The highest BCUT2D eigenvalue weighted by molar-refractivity contribution is 7.98. The summed E-state index contributed by atoms with van der Waals surface area (Å²) in [5.41, 5.74) is 1.78. The molecule has 18 heavy (non-hydrogen) atoms. The molecule has 2 heterocycles. The van der Waals surface area contributed by atoms with Crippen LogP contribution in [-0.4, -0.2) is 20.7 Å². The summed E-state index contributed by atoms with van der Waals surface area (Å²) in [5, 5.41) is 19.2. The first kappa shape index (κ1) is 11.4. The van der Waals surface area contributed by atoms with E-state index in [4.69, 9.17) is 0 Å². The second-order valence-electron chi connectivity index (χ2n) is 4.08. The van der Waals surface area contributed by atoms with Gasteiger partial charge in [-0.1, -0.05) is 30.3 Å². The van der Waals surface area contributed by atoms with E-state index in [2.05, 4.69) is 0 Å². The van der Waals surface area contributed by atoms with Crippen LogP contribution in [0.3, 0.4) is 0 Å². The number of aromatic nitrogens is 1. The van der Waals surface area contributed by atoms with Crippen LogP contribution in [0.4, 0.5) is 0 Å². The molecule has 0 amide bonds. The highest BCUT2D eigenvalue weighted by Crippen LogP contribution is 2.41. The lowest BCUT2D eigenvalue weighted by Crippen LogP contribution is -2.05. The summed E-state index contributed by atoms with van der Waals surface area (Å²) in [4.78, 5) is 11.3. The fraction of sp³-hybridized carbons (Fsp3) is 0.154. The molecule has 0 fully saturated rings. The molecule has 92 valence electrons. The molecule has 4 nitrogen and oxygen atoms in total. The molecular formula is C13H11NO3S. The maximum absolute atomic E-state index is 11.3. The molecule has 0 aliphatic carbocycles. The Bertz CT molecular complexity index is 606. The van der Waals surface area contributed by atoms with Gasteiger partial charge >= 0.3 is 5.97 Å². The van der Waals surface area contributed by atoms with Crippen molar-refractivity contribution in [1.29, 1.82) is 0 Å². The number of rotatable bonds is 2. The van der Waals surface area contributed by atoms with Gasteiger partial charge in [-0.25, -0.2) is 4.79 Å². The third kappa shape index (κ3) is 1.63. The fourth-order valence-corrected chi connectivity index (χ4v) is 3.16. The summed E-state index contributed by atoms with van der Waals surface area (Å²) in [5.74, 6) is -0.332. The zero-order chi connectivity index (χ0) is 12.7. The zero-order valence-corrected chi connectivity index (χ0v) is 10.2. The standard InChI is InChI=1S/C13H11NO3S/c15-12(16)10-6-9-7-18-13(17)14(9)11(10)8-4-2-1-3-5-8/h1-6,13,17H,7H2,(H,15,16). The predicted octanol–water partition coefficient (Wildman–Crippen LogP) is 2.55. The van der Waals surface area contributed by atoms with Crippen LogP contribution in [0.15, 0.2) is 36.4 Å². The van der Waals surface area contributed by atoms with E-state index in [9.17, 15) is 15.0 Å². The number of hydrogen-bond donors (Lipinski definition) is 2. The van der Waals surface area contributed by atoms with E-state index < -0.39 is 11.5 Å². The molecule has 0 radical (unpaired) electrons. The van der Waals surface area contributed by atoms with Crippen molar-refractivity contribution in [2.75, 3.05) is 0 Å². The summed E-state index contributed by atoms with van der Waals surface area (Å²) in [7, 11) is 0. The maximum atomic E-state index is 11.3. The minimum atomic E-state index is -0.965. The number of fused-ring (bicyclic) bond motifs is 1. The van der Waals surface area contributed by atoms with Gasteiger partial charge in [0.2, 0.25) is 0 Å². The Kier molecular flexibility index (Phi) is 2.65. The third-order valence-electron chi connectivity index (χ3n) is 3.00. The van der Waals surface area contributed by atoms with E-state index in [1.54, 1.807) is 10.6 Å². The van der Waals surface area contributed by atoms with Crippen LogP contribution >= 0.6 is 11.8 Å². The topological polar surface area (TPSA) is 62.5 Å². The average Bonchev–Trinajstić information content (AvgIpc) is 2.91. The number of benzene rings is 1. The van der Waals surface area contributed by atoms with E-state index in [0.29, 0.717) is 11.4 Å². The number of aliphatic hydroxyl groups is 1. The first-order valence-electron chi connectivity index (χ1n) is 5.51. The third-order valence-corrected chi connectivity index (χ3v) is 3.97. The Balaban J connectivity index is 2.26. The van der Waals surface area contributed by atoms with E-state index in [-0.39, 0.29) is 5.56 Å². The number of aliphatic hydroxyl groups excluding tert-OH is 1. The molecule has 3 rings (SSSR count). The molecule has 1 aliphatic rings. The fourth-order valence-electron chi connectivity index (χ4n) is 2.23. The lowest BCUT2D eigenvalue weighted by atomic mass is 10.1. The van der Waals surface area contributed by atoms with Gasteiger partial charge in [-0.3, -0.25) is 0 Å². The van der Waals surface area contributed by atoms with Crippen molar-refractivity contribution in [3.05, 3.63) is 47.7 Å². The molecule has 0 saturated heterocycles. The summed E-state index contributed by atoms with van der Waals surface area (Å²) in [6.45, 7) is 0. The zero-order valence-electron chi connectivity index (χ0n) is 9.41. The molecule has 1 aromatic carbocycles. The van der Waals surface area contributed by atoms with Crippen LogP contribution in [-0.2, 0) is 5.75 Å². The van der Waals surface area contributed by atoms with Crippen LogP contribution in [0.5, 0.6) is 0 Å². The van der Waals surface area contributed by atoms with E-state index >= 15 is 0 Å². The Hall–Kier alpha value is -1.72. The van der Waals surface area contributed by atoms with Crippen molar-refractivity contribution < 1.29 is 15.0 Å². The van der Waals surface area contributed by atoms with Gasteiger partial charge in [-0.05, 0) is 11.6 Å². The normalized spacial score (nSPS) is 17.7. The second-order valence-corrected chi connectivity index (χ2v) is 5.12. The van der Waals surface area contributed by atoms with Crippen LogP contribution < -0.4 is 0 Å². The van der Waals surface area contributed by atoms with Gasteiger partial charge in [-0.15, -0.1) is 11.8 Å².